The van der Waals surface area contributed by atoms with E-state index >= 15 is 0 Å². The summed E-state index contributed by atoms with van der Waals surface area (Å²) < 4.78 is 14.9. The zero-order valence-corrected chi connectivity index (χ0v) is 37.3. The summed E-state index contributed by atoms with van der Waals surface area (Å²) in [4.78, 5) is 27.9. The SMILES string of the molecule is Brc1ccc2c(c1)-c1c(ncnc1NC1CCC(N3CCSCC3)CC1)C2.Fc1cncc(-c2ccc3c(c2)-c2c(ncnc2NC2CCC(N4CCSCC4)CC2)C3)c1. The highest BCUT2D eigenvalue weighted by Crippen LogP contribution is 2.43. The van der Waals surface area contributed by atoms with Crippen molar-refractivity contribution in [2.75, 3.05) is 59.8 Å². The quantitative estimate of drug-likeness (QED) is 0.160. The lowest BCUT2D eigenvalue weighted by molar-refractivity contribution is 0.166. The number of benzene rings is 2. The minimum absolute atomic E-state index is 0.321. The van der Waals surface area contributed by atoms with Gasteiger partial charge < -0.3 is 10.6 Å². The lowest BCUT2D eigenvalue weighted by Crippen LogP contribution is -2.44. The molecule has 2 saturated heterocycles. The zero-order valence-electron chi connectivity index (χ0n) is 34.1. The number of fused-ring (bicyclic) bond motifs is 6. The molecular weight excluding hydrogens is 854 g/mol. The molecule has 2 aromatic carbocycles. The van der Waals surface area contributed by atoms with Gasteiger partial charge in [0.25, 0.3) is 0 Å². The van der Waals surface area contributed by atoms with Crippen LogP contribution in [0.25, 0.3) is 33.4 Å². The van der Waals surface area contributed by atoms with Crippen LogP contribution in [0.3, 0.4) is 0 Å². The number of nitrogens with zero attached hydrogens (tertiary/aromatic N) is 7. The molecule has 2 N–H and O–H groups in total. The molecule has 0 bridgehead atoms. The summed E-state index contributed by atoms with van der Waals surface area (Å²) in [5, 5.41) is 7.54. The fraction of sp³-hybridized carbons (Fsp3) is 0.468. The van der Waals surface area contributed by atoms with E-state index in [1.54, 1.807) is 18.9 Å². The Bertz CT molecular complexity index is 2300. The van der Waals surface area contributed by atoms with Crippen LogP contribution in [0.2, 0.25) is 0 Å². The second kappa shape index (κ2) is 18.4. The van der Waals surface area contributed by atoms with Gasteiger partial charge in [-0.05, 0) is 103 Å². The number of pyridine rings is 1. The smallest absolute Gasteiger partial charge is 0.142 e. The Labute approximate surface area is 370 Å². The number of hydrogen-bond acceptors (Lipinski definition) is 11. The Balaban J connectivity index is 0.000000147. The monoisotopic (exact) mass is 905 g/mol. The Kier molecular flexibility index (Phi) is 12.4. The number of rotatable bonds is 7. The molecule has 0 unspecified atom stereocenters. The molecule has 60 heavy (non-hydrogen) atoms. The van der Waals surface area contributed by atoms with Crippen molar-refractivity contribution in [3.63, 3.8) is 0 Å². The number of aromatic nitrogens is 5. The van der Waals surface area contributed by atoms with E-state index in [0.29, 0.717) is 12.1 Å². The highest BCUT2D eigenvalue weighted by molar-refractivity contribution is 9.10. The van der Waals surface area contributed by atoms with E-state index in [1.165, 1.54) is 135 Å². The summed E-state index contributed by atoms with van der Waals surface area (Å²) in [7, 11) is 0. The molecular formula is C47H53BrFN9S2. The predicted molar refractivity (Wildman–Crippen MR) is 249 cm³/mol. The van der Waals surface area contributed by atoms with Gasteiger partial charge in [-0.2, -0.15) is 23.5 Å². The Morgan fingerprint density at radius 2 is 1.10 bits per heavy atom. The predicted octanol–water partition coefficient (Wildman–Crippen LogP) is 9.60. The molecule has 2 aliphatic heterocycles. The highest BCUT2D eigenvalue weighted by atomic mass is 79.9. The minimum atomic E-state index is -0.321. The third-order valence-corrected chi connectivity index (χ3v) is 15.9. The van der Waals surface area contributed by atoms with E-state index in [-0.39, 0.29) is 5.82 Å². The number of anilines is 2. The summed E-state index contributed by atoms with van der Waals surface area (Å²) in [6.07, 6.45) is 18.0. The van der Waals surface area contributed by atoms with Crippen LogP contribution in [-0.2, 0) is 12.8 Å². The van der Waals surface area contributed by atoms with Gasteiger partial charge in [-0.25, -0.2) is 24.3 Å². The minimum Gasteiger partial charge on any atom is -0.367 e. The standard InChI is InChI=1S/C26H28FN5S.C21H25BrN4S/c27-20-11-19(14-28-15-20)17-1-2-18-13-24-25(23(18)12-17)26(30-16-29-24)31-21-3-5-22(6-4-21)32-7-9-33-10-8-32;22-15-2-1-14-11-19-20(18(14)12-15)21(24-13-23-19)25-16-3-5-17(6-4-16)26-7-9-27-10-8-26/h1-2,11-12,14-16,21-22H,3-10,13H2,(H,29,30,31);1-2,12-13,16-17H,3-11H2,(H,23,24,25). The first-order valence-corrected chi connectivity index (χ1v) is 25.0. The molecule has 0 amide bonds. The molecule has 9 nitrogen and oxygen atoms in total. The highest BCUT2D eigenvalue weighted by Gasteiger charge is 2.31. The van der Waals surface area contributed by atoms with Crippen molar-refractivity contribution in [3.8, 4) is 33.4 Å². The molecule has 5 heterocycles. The van der Waals surface area contributed by atoms with Gasteiger partial charge >= 0.3 is 0 Å². The van der Waals surface area contributed by atoms with Crippen LogP contribution in [0.5, 0.6) is 0 Å². The van der Waals surface area contributed by atoms with E-state index in [1.807, 2.05) is 6.07 Å². The van der Waals surface area contributed by atoms with Gasteiger partial charge in [0.15, 0.2) is 0 Å². The maximum atomic E-state index is 13.7. The fourth-order valence-corrected chi connectivity index (χ4v) is 12.6. The van der Waals surface area contributed by atoms with Gasteiger partial charge in [0.05, 0.1) is 17.6 Å². The number of hydrogen-bond donors (Lipinski definition) is 2. The molecule has 312 valence electrons. The van der Waals surface area contributed by atoms with Crippen molar-refractivity contribution < 1.29 is 4.39 Å². The van der Waals surface area contributed by atoms with Gasteiger partial charge in [0.1, 0.15) is 30.1 Å². The van der Waals surface area contributed by atoms with Crippen molar-refractivity contribution >= 4 is 51.1 Å². The maximum absolute atomic E-state index is 13.7. The molecule has 5 aromatic rings. The topological polar surface area (TPSA) is 95.0 Å². The lowest BCUT2D eigenvalue weighted by atomic mass is 9.90. The molecule has 4 aliphatic carbocycles. The lowest BCUT2D eigenvalue weighted by Gasteiger charge is -2.39. The molecule has 0 atom stereocenters. The van der Waals surface area contributed by atoms with Crippen LogP contribution < -0.4 is 10.6 Å². The van der Waals surface area contributed by atoms with Crippen LogP contribution in [0.1, 0.15) is 73.9 Å². The van der Waals surface area contributed by atoms with Gasteiger partial charge in [0.2, 0.25) is 0 Å². The van der Waals surface area contributed by atoms with E-state index in [9.17, 15) is 4.39 Å². The molecule has 3 aromatic heterocycles. The van der Waals surface area contributed by atoms with E-state index in [0.717, 1.165) is 74.7 Å². The summed E-state index contributed by atoms with van der Waals surface area (Å²) in [5.74, 6) is 6.80. The van der Waals surface area contributed by atoms with Crippen LogP contribution in [0.4, 0.5) is 16.0 Å². The second-order valence-electron chi connectivity index (χ2n) is 17.1. The van der Waals surface area contributed by atoms with Crippen LogP contribution in [-0.4, -0.2) is 108 Å². The third kappa shape index (κ3) is 8.84. The van der Waals surface area contributed by atoms with Gasteiger partial charge in [0, 0.05) is 114 Å². The summed E-state index contributed by atoms with van der Waals surface area (Å²) >= 11 is 7.80. The maximum Gasteiger partial charge on any atom is 0.142 e. The first-order valence-electron chi connectivity index (χ1n) is 21.9. The fourth-order valence-electron chi connectivity index (χ4n) is 10.3. The van der Waals surface area contributed by atoms with Gasteiger partial charge in [-0.1, -0.05) is 34.1 Å². The molecule has 4 fully saturated rings. The first-order chi connectivity index (χ1) is 29.5. The van der Waals surface area contributed by atoms with Crippen LogP contribution in [0, 0.1) is 5.82 Å². The molecule has 13 heteroatoms. The van der Waals surface area contributed by atoms with Gasteiger partial charge in [-0.3, -0.25) is 14.8 Å². The summed E-state index contributed by atoms with van der Waals surface area (Å²) in [6.45, 7) is 5.04. The summed E-state index contributed by atoms with van der Waals surface area (Å²) in [5.41, 5.74) is 11.3. The van der Waals surface area contributed by atoms with Crippen LogP contribution >= 0.6 is 39.5 Å². The van der Waals surface area contributed by atoms with Crippen molar-refractivity contribution in [1.29, 1.82) is 0 Å². The Morgan fingerprint density at radius 3 is 1.63 bits per heavy atom. The van der Waals surface area contributed by atoms with E-state index in [4.69, 9.17) is 0 Å². The van der Waals surface area contributed by atoms with E-state index in [2.05, 4.69) is 115 Å². The largest absolute Gasteiger partial charge is 0.367 e. The molecule has 0 spiro atoms. The van der Waals surface area contributed by atoms with Crippen molar-refractivity contribution in [1.82, 2.24) is 34.7 Å². The second-order valence-corrected chi connectivity index (χ2v) is 20.5. The molecule has 11 rings (SSSR count). The Morgan fingerprint density at radius 1 is 0.583 bits per heavy atom. The zero-order chi connectivity index (χ0) is 40.4. The number of thioether (sulfide) groups is 2. The Hall–Kier alpha value is -3.62. The molecule has 0 radical (unpaired) electrons. The van der Waals surface area contributed by atoms with Gasteiger partial charge in [-0.15, -0.1) is 0 Å². The molecule has 6 aliphatic rings. The average molecular weight is 907 g/mol. The summed E-state index contributed by atoms with van der Waals surface area (Å²) in [6, 6.07) is 16.9. The van der Waals surface area contributed by atoms with Crippen LogP contribution in [0.15, 0.2) is 72.0 Å². The van der Waals surface area contributed by atoms with E-state index < -0.39 is 0 Å². The molecule has 2 saturated carbocycles. The number of halogens is 2. The van der Waals surface area contributed by atoms with Crippen molar-refractivity contribution in [2.45, 2.75) is 88.4 Å². The first kappa shape index (κ1) is 40.5. The van der Waals surface area contributed by atoms with Crippen molar-refractivity contribution in [2.24, 2.45) is 0 Å². The normalized spacial score (nSPS) is 23.7. The number of nitrogens with one attached hydrogen (secondary N) is 2. The third-order valence-electron chi connectivity index (χ3n) is 13.5. The van der Waals surface area contributed by atoms with Crippen molar-refractivity contribution in [3.05, 3.63) is 100 Å². The average Bonchev–Trinajstić information content (AvgIpc) is 3.86.